The minimum Gasteiger partial charge on any atom is -0.504 e. The first-order valence-electron chi connectivity index (χ1n) is 10.7. The van der Waals surface area contributed by atoms with Crippen LogP contribution in [0.2, 0.25) is 5.02 Å². The maximum Gasteiger partial charge on any atom is 0.323 e. The highest BCUT2D eigenvalue weighted by molar-refractivity contribution is 7.89. The number of amides is 2. The second-order valence-electron chi connectivity index (χ2n) is 8.60. The van der Waals surface area contributed by atoms with Gasteiger partial charge in [-0.15, -0.1) is 0 Å². The number of benzene rings is 2. The number of phenolic OH excluding ortho intramolecular Hbond substituents is 1. The van der Waals surface area contributed by atoms with Gasteiger partial charge in [0.1, 0.15) is 10.7 Å². The van der Waals surface area contributed by atoms with Crippen molar-refractivity contribution in [3.05, 3.63) is 46.7 Å². The number of carbonyl (C=O) groups is 1. The SMILES string of the molecule is Cc1c(F)cccc1NC(=O)Nc1ccc(Cl)c(S(=O)(=O)NC2C[C@H]3CC[C@@H](C2)N3C)c1O. The molecule has 3 atom stereocenters. The van der Waals surface area contributed by atoms with E-state index < -0.39 is 32.5 Å². The Morgan fingerprint density at radius 3 is 2.42 bits per heavy atom. The van der Waals surface area contributed by atoms with Gasteiger partial charge in [0, 0.05) is 29.4 Å². The van der Waals surface area contributed by atoms with E-state index in [-0.39, 0.29) is 28.0 Å². The van der Waals surface area contributed by atoms with E-state index in [0.29, 0.717) is 24.9 Å². The summed E-state index contributed by atoms with van der Waals surface area (Å²) in [5, 5.41) is 15.4. The first kappa shape index (κ1) is 23.7. The van der Waals surface area contributed by atoms with Crippen molar-refractivity contribution in [2.45, 2.75) is 55.6 Å². The minimum atomic E-state index is -4.16. The van der Waals surface area contributed by atoms with Crippen molar-refractivity contribution < 1.29 is 22.7 Å². The number of phenols is 1. The number of piperidine rings is 1. The molecule has 0 aromatic heterocycles. The van der Waals surface area contributed by atoms with Gasteiger partial charge in [0.05, 0.1) is 10.7 Å². The quantitative estimate of drug-likeness (QED) is 0.467. The Bertz CT molecular complexity index is 1180. The zero-order valence-corrected chi connectivity index (χ0v) is 19.8. The maximum absolute atomic E-state index is 13.7. The molecule has 0 spiro atoms. The number of hydrogen-bond donors (Lipinski definition) is 4. The molecule has 0 aliphatic carbocycles. The lowest BCUT2D eigenvalue weighted by Gasteiger charge is -2.36. The summed E-state index contributed by atoms with van der Waals surface area (Å²) in [6.45, 7) is 1.51. The van der Waals surface area contributed by atoms with Crippen LogP contribution in [0.5, 0.6) is 5.75 Å². The molecule has 2 amide bonds. The summed E-state index contributed by atoms with van der Waals surface area (Å²) in [6, 6.07) is 6.43. The summed E-state index contributed by atoms with van der Waals surface area (Å²) in [6.07, 6.45) is 3.42. The molecule has 33 heavy (non-hydrogen) atoms. The van der Waals surface area contributed by atoms with Gasteiger partial charge < -0.3 is 20.6 Å². The molecule has 178 valence electrons. The summed E-state index contributed by atoms with van der Waals surface area (Å²) in [4.78, 5) is 14.2. The van der Waals surface area contributed by atoms with Crippen LogP contribution in [0.4, 0.5) is 20.6 Å². The Kier molecular flexibility index (Phi) is 6.54. The van der Waals surface area contributed by atoms with E-state index in [1.807, 2.05) is 0 Å². The van der Waals surface area contributed by atoms with Crippen molar-refractivity contribution in [2.24, 2.45) is 0 Å². The van der Waals surface area contributed by atoms with Crippen LogP contribution in [0.25, 0.3) is 0 Å². The zero-order chi connectivity index (χ0) is 23.9. The smallest absolute Gasteiger partial charge is 0.323 e. The molecule has 2 aromatic rings. The average molecular weight is 497 g/mol. The lowest BCUT2D eigenvalue weighted by Crippen LogP contribution is -2.48. The second-order valence-corrected chi connectivity index (χ2v) is 10.7. The van der Waals surface area contributed by atoms with E-state index in [9.17, 15) is 22.7 Å². The van der Waals surface area contributed by atoms with E-state index in [4.69, 9.17) is 11.6 Å². The monoisotopic (exact) mass is 496 g/mol. The number of nitrogens with one attached hydrogen (secondary N) is 3. The Labute approximate surface area is 197 Å². The number of carbonyl (C=O) groups excluding carboxylic acids is 1. The normalized spacial score (nSPS) is 22.8. The van der Waals surface area contributed by atoms with Gasteiger partial charge in [-0.05, 0) is 63.9 Å². The lowest BCUT2D eigenvalue weighted by atomic mass is 9.99. The lowest BCUT2D eigenvalue weighted by molar-refractivity contribution is 0.157. The van der Waals surface area contributed by atoms with Crippen LogP contribution in [0.3, 0.4) is 0 Å². The number of nitrogens with zero attached hydrogens (tertiary/aromatic N) is 1. The van der Waals surface area contributed by atoms with Gasteiger partial charge in [-0.1, -0.05) is 17.7 Å². The molecule has 0 saturated carbocycles. The van der Waals surface area contributed by atoms with Gasteiger partial charge in [0.15, 0.2) is 5.75 Å². The summed E-state index contributed by atoms with van der Waals surface area (Å²) in [7, 11) is -2.10. The van der Waals surface area contributed by atoms with E-state index in [1.165, 1.54) is 37.3 Å². The number of halogens is 2. The highest BCUT2D eigenvalue weighted by Crippen LogP contribution is 2.39. The largest absolute Gasteiger partial charge is 0.504 e. The van der Waals surface area contributed by atoms with Crippen LogP contribution in [-0.2, 0) is 10.0 Å². The van der Waals surface area contributed by atoms with Crippen molar-refractivity contribution in [3.8, 4) is 5.75 Å². The average Bonchev–Trinajstić information content (AvgIpc) is 2.94. The fraction of sp³-hybridized carbons (Fsp3) is 0.409. The van der Waals surface area contributed by atoms with Gasteiger partial charge >= 0.3 is 6.03 Å². The Morgan fingerprint density at radius 1 is 1.12 bits per heavy atom. The molecule has 2 aliphatic heterocycles. The van der Waals surface area contributed by atoms with E-state index in [0.717, 1.165) is 12.8 Å². The molecular formula is C22H26ClFN4O4S. The molecular weight excluding hydrogens is 471 g/mol. The van der Waals surface area contributed by atoms with Crippen LogP contribution in [0, 0.1) is 12.7 Å². The molecule has 2 saturated heterocycles. The Balaban J connectivity index is 1.52. The standard InChI is InChI=1S/C22H26ClFN4O4S/c1-12-17(24)4-3-5-18(12)25-22(30)26-19-9-8-16(23)21(20(19)29)33(31,32)27-13-10-14-6-7-15(11-13)28(14)2/h3-5,8-9,13-15,27,29H,6-7,10-11H2,1-2H3,(H2,25,26,30)/t13?,14-,15+. The molecule has 2 aromatic carbocycles. The number of anilines is 2. The zero-order valence-electron chi connectivity index (χ0n) is 18.2. The fourth-order valence-corrected chi connectivity index (χ4v) is 6.60. The molecule has 11 heteroatoms. The predicted molar refractivity (Wildman–Crippen MR) is 125 cm³/mol. The van der Waals surface area contributed by atoms with Crippen LogP contribution in [0.15, 0.2) is 35.2 Å². The second kappa shape index (κ2) is 9.09. The van der Waals surface area contributed by atoms with Gasteiger partial charge in [0.25, 0.3) is 0 Å². The van der Waals surface area contributed by atoms with Gasteiger partial charge in [0.2, 0.25) is 10.0 Å². The molecule has 2 aliphatic rings. The van der Waals surface area contributed by atoms with Crippen LogP contribution in [-0.4, -0.2) is 49.6 Å². The van der Waals surface area contributed by atoms with Crippen LogP contribution >= 0.6 is 11.6 Å². The molecule has 4 N–H and O–H groups in total. The minimum absolute atomic E-state index is 0.144. The first-order valence-corrected chi connectivity index (χ1v) is 12.5. The maximum atomic E-state index is 13.7. The third kappa shape index (κ3) is 4.79. The Morgan fingerprint density at radius 2 is 1.76 bits per heavy atom. The number of rotatable bonds is 5. The highest BCUT2D eigenvalue weighted by atomic mass is 35.5. The highest BCUT2D eigenvalue weighted by Gasteiger charge is 2.40. The molecule has 2 bridgehead atoms. The van der Waals surface area contributed by atoms with Crippen molar-refractivity contribution >= 4 is 39.0 Å². The molecule has 4 rings (SSSR count). The number of urea groups is 1. The topological polar surface area (TPSA) is 111 Å². The third-order valence-electron chi connectivity index (χ3n) is 6.54. The summed E-state index contributed by atoms with van der Waals surface area (Å²) in [5.41, 5.74) is 0.342. The summed E-state index contributed by atoms with van der Waals surface area (Å²) in [5.74, 6) is -1.15. The van der Waals surface area contributed by atoms with Gasteiger partial charge in [-0.2, -0.15) is 0 Å². The number of sulfonamides is 1. The molecule has 8 nitrogen and oxygen atoms in total. The molecule has 2 fully saturated rings. The van der Waals surface area contributed by atoms with Gasteiger partial charge in [-0.25, -0.2) is 22.3 Å². The van der Waals surface area contributed by atoms with Crippen LogP contribution < -0.4 is 15.4 Å². The molecule has 1 unspecified atom stereocenters. The van der Waals surface area contributed by atoms with Crippen molar-refractivity contribution in [1.82, 2.24) is 9.62 Å². The van der Waals surface area contributed by atoms with Gasteiger partial charge in [-0.3, -0.25) is 0 Å². The summed E-state index contributed by atoms with van der Waals surface area (Å²) >= 11 is 6.14. The third-order valence-corrected chi connectivity index (χ3v) is 8.56. The molecule has 2 heterocycles. The van der Waals surface area contributed by atoms with Crippen LogP contribution in [0.1, 0.15) is 31.2 Å². The van der Waals surface area contributed by atoms with E-state index in [2.05, 4.69) is 27.3 Å². The van der Waals surface area contributed by atoms with Crippen molar-refractivity contribution in [3.63, 3.8) is 0 Å². The first-order chi connectivity index (χ1) is 15.6. The Hall–Kier alpha value is -2.40. The number of aromatic hydroxyl groups is 1. The van der Waals surface area contributed by atoms with Crippen molar-refractivity contribution in [2.75, 3.05) is 17.7 Å². The molecule has 0 radical (unpaired) electrons. The van der Waals surface area contributed by atoms with E-state index in [1.54, 1.807) is 0 Å². The number of fused-ring (bicyclic) bond motifs is 2. The van der Waals surface area contributed by atoms with Crippen molar-refractivity contribution in [1.29, 1.82) is 0 Å². The van der Waals surface area contributed by atoms with E-state index >= 15 is 0 Å². The fourth-order valence-electron chi connectivity index (χ4n) is 4.71. The predicted octanol–water partition coefficient (Wildman–Crippen LogP) is 4.04. The number of hydrogen-bond acceptors (Lipinski definition) is 5. The summed E-state index contributed by atoms with van der Waals surface area (Å²) < 4.78 is 42.7.